The first-order chi connectivity index (χ1) is 10.2. The summed E-state index contributed by atoms with van der Waals surface area (Å²) < 4.78 is 5.29. The Morgan fingerprint density at radius 3 is 2.52 bits per heavy atom. The molecule has 0 atom stereocenters. The molecule has 102 valence electrons. The van der Waals surface area contributed by atoms with Gasteiger partial charge in [-0.15, -0.1) is 0 Å². The van der Waals surface area contributed by atoms with E-state index >= 15 is 0 Å². The van der Waals surface area contributed by atoms with Crippen LogP contribution in [0.5, 0.6) is 0 Å². The van der Waals surface area contributed by atoms with Crippen LogP contribution in [0.2, 0.25) is 0 Å². The Balaban J connectivity index is 1.90. The molecule has 2 aromatic carbocycles. The second-order valence-electron chi connectivity index (χ2n) is 4.95. The highest BCUT2D eigenvalue weighted by Gasteiger charge is 2.06. The summed E-state index contributed by atoms with van der Waals surface area (Å²) in [6.45, 7) is 1.93. The molecular weight excluding hydrogens is 264 g/mol. The van der Waals surface area contributed by atoms with Gasteiger partial charge in [0.25, 0.3) is 6.01 Å². The average molecular weight is 276 g/mol. The fourth-order valence-electron chi connectivity index (χ4n) is 2.41. The molecule has 4 aromatic rings. The number of aromatic nitrogens is 3. The third kappa shape index (κ3) is 1.99. The van der Waals surface area contributed by atoms with Crippen molar-refractivity contribution in [3.05, 3.63) is 48.3 Å². The number of rotatable bonds is 1. The van der Waals surface area contributed by atoms with Crippen LogP contribution in [0.1, 0.15) is 5.69 Å². The van der Waals surface area contributed by atoms with Gasteiger partial charge in [-0.25, -0.2) is 4.98 Å². The first-order valence-electron chi connectivity index (χ1n) is 6.59. The number of benzene rings is 2. The number of oxazole rings is 1. The predicted molar refractivity (Wildman–Crippen MR) is 81.7 cm³/mol. The van der Waals surface area contributed by atoms with Crippen molar-refractivity contribution < 1.29 is 4.42 Å². The monoisotopic (exact) mass is 276 g/mol. The summed E-state index contributed by atoms with van der Waals surface area (Å²) in [5, 5.41) is 0. The van der Waals surface area contributed by atoms with E-state index in [-0.39, 0.29) is 6.01 Å². The highest BCUT2D eigenvalue weighted by molar-refractivity contribution is 5.85. The Hall–Kier alpha value is -2.95. The number of hydrogen-bond donors (Lipinski definition) is 1. The molecule has 2 N–H and O–H groups in total. The summed E-state index contributed by atoms with van der Waals surface area (Å²) in [5.74, 6) is 0. The zero-order valence-electron chi connectivity index (χ0n) is 11.4. The number of anilines is 1. The van der Waals surface area contributed by atoms with E-state index in [2.05, 4.69) is 15.0 Å². The van der Waals surface area contributed by atoms with Crippen LogP contribution in [0, 0.1) is 6.92 Å². The molecule has 2 heterocycles. The summed E-state index contributed by atoms with van der Waals surface area (Å²) in [6, 6.07) is 12.0. The topological polar surface area (TPSA) is 77.8 Å². The molecule has 5 heteroatoms. The highest BCUT2D eigenvalue weighted by Crippen LogP contribution is 2.27. The van der Waals surface area contributed by atoms with Crippen LogP contribution in [0.4, 0.5) is 6.01 Å². The fourth-order valence-corrected chi connectivity index (χ4v) is 2.41. The van der Waals surface area contributed by atoms with Gasteiger partial charge < -0.3 is 10.2 Å². The van der Waals surface area contributed by atoms with Crippen LogP contribution < -0.4 is 5.73 Å². The molecule has 0 aliphatic rings. The van der Waals surface area contributed by atoms with Gasteiger partial charge in [-0.05, 0) is 42.3 Å². The molecule has 0 saturated heterocycles. The van der Waals surface area contributed by atoms with Gasteiger partial charge in [-0.3, -0.25) is 4.98 Å². The number of hydrogen-bond acceptors (Lipinski definition) is 5. The van der Waals surface area contributed by atoms with E-state index in [0.29, 0.717) is 5.58 Å². The van der Waals surface area contributed by atoms with E-state index < -0.39 is 0 Å². The zero-order chi connectivity index (χ0) is 14.4. The van der Waals surface area contributed by atoms with Crippen LogP contribution in [0.25, 0.3) is 33.3 Å². The molecular formula is C16H12N4O. The first-order valence-corrected chi connectivity index (χ1v) is 6.59. The predicted octanol–water partition coefficient (Wildman–Crippen LogP) is 3.33. The maximum Gasteiger partial charge on any atom is 0.292 e. The van der Waals surface area contributed by atoms with Crippen molar-refractivity contribution in [2.75, 3.05) is 5.73 Å². The van der Waals surface area contributed by atoms with Crippen molar-refractivity contribution in [1.29, 1.82) is 0 Å². The molecule has 0 aliphatic heterocycles. The molecule has 0 bridgehead atoms. The van der Waals surface area contributed by atoms with Gasteiger partial charge in [-0.1, -0.05) is 12.1 Å². The number of nitrogens with two attached hydrogens (primary N) is 1. The normalized spacial score (nSPS) is 11.3. The lowest BCUT2D eigenvalue weighted by Gasteiger charge is -2.04. The molecule has 5 nitrogen and oxygen atoms in total. The Labute approximate surface area is 120 Å². The van der Waals surface area contributed by atoms with Crippen LogP contribution >= 0.6 is 0 Å². The molecule has 0 unspecified atom stereocenters. The van der Waals surface area contributed by atoms with Crippen molar-refractivity contribution in [1.82, 2.24) is 15.0 Å². The van der Waals surface area contributed by atoms with Crippen molar-refractivity contribution in [3.8, 4) is 11.1 Å². The zero-order valence-corrected chi connectivity index (χ0v) is 11.4. The molecule has 0 saturated carbocycles. The van der Waals surface area contributed by atoms with Gasteiger partial charge in [-0.2, -0.15) is 4.98 Å². The maximum absolute atomic E-state index is 5.57. The number of fused-ring (bicyclic) bond motifs is 2. The molecule has 0 spiro atoms. The lowest BCUT2D eigenvalue weighted by molar-refractivity contribution is 0.626. The molecule has 0 radical (unpaired) electrons. The van der Waals surface area contributed by atoms with Crippen LogP contribution in [0.3, 0.4) is 0 Å². The average Bonchev–Trinajstić information content (AvgIpc) is 2.85. The van der Waals surface area contributed by atoms with Gasteiger partial charge in [0.05, 0.1) is 16.7 Å². The Morgan fingerprint density at radius 2 is 1.67 bits per heavy atom. The maximum atomic E-state index is 5.57. The number of nitrogen functional groups attached to an aromatic ring is 1. The first kappa shape index (κ1) is 11.8. The van der Waals surface area contributed by atoms with E-state index in [9.17, 15) is 0 Å². The SMILES string of the molecule is Cc1cnc2ccc(-c3ccc4oc(N)nc4c3)cc2n1. The minimum atomic E-state index is 0.183. The van der Waals surface area contributed by atoms with E-state index in [1.165, 1.54) is 0 Å². The van der Waals surface area contributed by atoms with Crippen molar-refractivity contribution >= 4 is 28.1 Å². The standard InChI is InChI=1S/C16H12N4O/c1-9-8-18-12-4-2-10(6-13(12)19-9)11-3-5-15-14(7-11)20-16(17)21-15/h2-8H,1H3,(H2,17,20). The fraction of sp³-hybridized carbons (Fsp3) is 0.0625. The van der Waals surface area contributed by atoms with Gasteiger partial charge in [0, 0.05) is 6.20 Å². The van der Waals surface area contributed by atoms with Crippen LogP contribution in [-0.4, -0.2) is 15.0 Å². The third-order valence-electron chi connectivity index (χ3n) is 3.40. The minimum absolute atomic E-state index is 0.183. The number of aryl methyl sites for hydroxylation is 1. The summed E-state index contributed by atoms with van der Waals surface area (Å²) in [4.78, 5) is 13.0. The second kappa shape index (κ2) is 4.28. The molecule has 0 aliphatic carbocycles. The second-order valence-corrected chi connectivity index (χ2v) is 4.95. The highest BCUT2D eigenvalue weighted by atomic mass is 16.4. The van der Waals surface area contributed by atoms with E-state index in [4.69, 9.17) is 10.2 Å². The lowest BCUT2D eigenvalue weighted by atomic mass is 10.0. The van der Waals surface area contributed by atoms with Crippen molar-refractivity contribution in [3.63, 3.8) is 0 Å². The molecule has 0 amide bonds. The quantitative estimate of drug-likeness (QED) is 0.577. The summed E-state index contributed by atoms with van der Waals surface area (Å²) in [6.07, 6.45) is 1.77. The summed E-state index contributed by atoms with van der Waals surface area (Å²) in [5.41, 5.74) is 11.8. The molecule has 21 heavy (non-hydrogen) atoms. The van der Waals surface area contributed by atoms with E-state index in [1.807, 2.05) is 43.3 Å². The molecule has 2 aromatic heterocycles. The molecule has 0 fully saturated rings. The van der Waals surface area contributed by atoms with Crippen molar-refractivity contribution in [2.24, 2.45) is 0 Å². The minimum Gasteiger partial charge on any atom is -0.424 e. The van der Waals surface area contributed by atoms with Gasteiger partial charge >= 0.3 is 0 Å². The van der Waals surface area contributed by atoms with E-state index in [1.54, 1.807) is 6.20 Å². The van der Waals surface area contributed by atoms with Gasteiger partial charge in [0.15, 0.2) is 5.58 Å². The Morgan fingerprint density at radius 1 is 0.905 bits per heavy atom. The van der Waals surface area contributed by atoms with Crippen molar-refractivity contribution in [2.45, 2.75) is 6.92 Å². The Kier molecular flexibility index (Phi) is 2.41. The van der Waals surface area contributed by atoms with Gasteiger partial charge in [0.2, 0.25) is 0 Å². The third-order valence-corrected chi connectivity index (χ3v) is 3.40. The van der Waals surface area contributed by atoms with E-state index in [0.717, 1.165) is 33.4 Å². The summed E-state index contributed by atoms with van der Waals surface area (Å²) >= 11 is 0. The lowest BCUT2D eigenvalue weighted by Crippen LogP contribution is -1.88. The Bertz CT molecular complexity index is 975. The largest absolute Gasteiger partial charge is 0.424 e. The summed E-state index contributed by atoms with van der Waals surface area (Å²) in [7, 11) is 0. The molecule has 4 rings (SSSR count). The van der Waals surface area contributed by atoms with Crippen LogP contribution in [0.15, 0.2) is 47.0 Å². The number of nitrogens with zero attached hydrogens (tertiary/aromatic N) is 3. The smallest absolute Gasteiger partial charge is 0.292 e. The van der Waals surface area contributed by atoms with Gasteiger partial charge in [0.1, 0.15) is 5.52 Å². The van der Waals surface area contributed by atoms with Crippen LogP contribution in [-0.2, 0) is 0 Å².